The highest BCUT2D eigenvalue weighted by molar-refractivity contribution is 5.42. The molecule has 0 aliphatic heterocycles. The van der Waals surface area contributed by atoms with Crippen LogP contribution in [0.3, 0.4) is 0 Å². The summed E-state index contributed by atoms with van der Waals surface area (Å²) in [4.78, 5) is 0. The van der Waals surface area contributed by atoms with Crippen LogP contribution in [0, 0.1) is 19.7 Å². The first-order valence-electron chi connectivity index (χ1n) is 7.05. The van der Waals surface area contributed by atoms with Gasteiger partial charge in [0.1, 0.15) is 5.82 Å². The van der Waals surface area contributed by atoms with E-state index in [-0.39, 0.29) is 5.82 Å². The van der Waals surface area contributed by atoms with Crippen LogP contribution < -0.4 is 0 Å². The fourth-order valence-electron chi connectivity index (χ4n) is 3.15. The second-order valence-electron chi connectivity index (χ2n) is 5.94. The fourth-order valence-corrected chi connectivity index (χ4v) is 3.15. The van der Waals surface area contributed by atoms with Crippen molar-refractivity contribution in [1.82, 2.24) is 0 Å². The monoisotopic (exact) mass is 270 g/mol. The molecular formula is C18H19FO. The van der Waals surface area contributed by atoms with Crippen molar-refractivity contribution in [3.63, 3.8) is 0 Å². The van der Waals surface area contributed by atoms with E-state index in [0.29, 0.717) is 12.8 Å². The van der Waals surface area contributed by atoms with Crippen LogP contribution in [0.15, 0.2) is 36.4 Å². The third kappa shape index (κ3) is 2.25. The van der Waals surface area contributed by atoms with E-state index in [1.165, 1.54) is 11.6 Å². The number of benzene rings is 2. The van der Waals surface area contributed by atoms with E-state index in [1.807, 2.05) is 13.8 Å². The van der Waals surface area contributed by atoms with Crippen molar-refractivity contribution in [2.24, 2.45) is 0 Å². The van der Waals surface area contributed by atoms with Gasteiger partial charge in [0.15, 0.2) is 0 Å². The Kier molecular flexibility index (Phi) is 3.14. The topological polar surface area (TPSA) is 20.2 Å². The molecule has 1 unspecified atom stereocenters. The van der Waals surface area contributed by atoms with E-state index >= 15 is 0 Å². The lowest BCUT2D eigenvalue weighted by Crippen LogP contribution is -2.26. The first-order valence-corrected chi connectivity index (χ1v) is 7.05. The number of aryl methyl sites for hydroxylation is 3. The summed E-state index contributed by atoms with van der Waals surface area (Å²) < 4.78 is 13.4. The van der Waals surface area contributed by atoms with Crippen LogP contribution in [0.1, 0.15) is 34.2 Å². The lowest BCUT2D eigenvalue weighted by atomic mass is 9.86. The Labute approximate surface area is 119 Å². The summed E-state index contributed by atoms with van der Waals surface area (Å²) in [5.41, 5.74) is 4.44. The molecule has 2 heteroatoms. The Balaban J connectivity index is 2.00. The maximum absolute atomic E-state index is 13.4. The van der Waals surface area contributed by atoms with Crippen molar-refractivity contribution in [2.45, 2.75) is 38.7 Å². The summed E-state index contributed by atoms with van der Waals surface area (Å²) in [6, 6.07) is 11.0. The average molecular weight is 270 g/mol. The summed E-state index contributed by atoms with van der Waals surface area (Å²) >= 11 is 0. The Hall–Kier alpha value is -1.67. The number of hydrogen-bond acceptors (Lipinski definition) is 1. The van der Waals surface area contributed by atoms with Crippen molar-refractivity contribution in [3.05, 3.63) is 70.0 Å². The molecule has 0 radical (unpaired) electrons. The number of halogens is 1. The summed E-state index contributed by atoms with van der Waals surface area (Å²) in [6.07, 6.45) is 2.08. The first-order chi connectivity index (χ1) is 9.48. The Morgan fingerprint density at radius 3 is 2.75 bits per heavy atom. The highest BCUT2D eigenvalue weighted by Crippen LogP contribution is 2.40. The maximum atomic E-state index is 13.4. The molecule has 0 saturated heterocycles. The van der Waals surface area contributed by atoms with Crippen LogP contribution in [0.4, 0.5) is 4.39 Å². The number of aliphatic hydroxyl groups is 1. The molecule has 1 nitrogen and oxygen atoms in total. The average Bonchev–Trinajstić information content (AvgIpc) is 2.72. The van der Waals surface area contributed by atoms with Gasteiger partial charge in [-0.15, -0.1) is 0 Å². The van der Waals surface area contributed by atoms with Crippen molar-refractivity contribution in [2.75, 3.05) is 0 Å². The zero-order valence-electron chi connectivity index (χ0n) is 11.9. The maximum Gasteiger partial charge on any atom is 0.123 e. The molecule has 2 aromatic rings. The summed E-state index contributed by atoms with van der Waals surface area (Å²) in [6.45, 7) is 4.00. The van der Waals surface area contributed by atoms with E-state index in [1.54, 1.807) is 12.1 Å². The lowest BCUT2D eigenvalue weighted by molar-refractivity contribution is 0.0387. The summed E-state index contributed by atoms with van der Waals surface area (Å²) in [5.74, 6) is -0.239. The molecule has 0 aromatic heterocycles. The van der Waals surface area contributed by atoms with Crippen LogP contribution in [-0.2, 0) is 18.4 Å². The van der Waals surface area contributed by atoms with Gasteiger partial charge in [0.2, 0.25) is 0 Å². The molecule has 20 heavy (non-hydrogen) atoms. The minimum atomic E-state index is -0.861. The summed E-state index contributed by atoms with van der Waals surface area (Å²) in [5, 5.41) is 11.0. The van der Waals surface area contributed by atoms with Crippen LogP contribution in [0.5, 0.6) is 0 Å². The largest absolute Gasteiger partial charge is 0.385 e. The van der Waals surface area contributed by atoms with Crippen molar-refractivity contribution in [3.8, 4) is 0 Å². The Morgan fingerprint density at radius 2 is 1.95 bits per heavy atom. The molecule has 2 aromatic carbocycles. The standard InChI is InChI=1S/C18H19FO/c1-12-3-5-14-7-8-18(20,17(14)9-12)11-15-10-16(19)6-4-13(15)2/h3-6,9-10,20H,7-8,11H2,1-2H3. The molecule has 0 heterocycles. The van der Waals surface area contributed by atoms with Crippen LogP contribution in [-0.4, -0.2) is 5.11 Å². The second-order valence-corrected chi connectivity index (χ2v) is 5.94. The molecule has 3 rings (SSSR count). The molecule has 0 amide bonds. The normalized spacial score (nSPS) is 21.0. The third-order valence-electron chi connectivity index (χ3n) is 4.37. The third-order valence-corrected chi connectivity index (χ3v) is 4.37. The van der Waals surface area contributed by atoms with Crippen molar-refractivity contribution < 1.29 is 9.50 Å². The molecule has 0 spiro atoms. The van der Waals surface area contributed by atoms with Gasteiger partial charge in [-0.3, -0.25) is 0 Å². The van der Waals surface area contributed by atoms with Crippen LogP contribution >= 0.6 is 0 Å². The van der Waals surface area contributed by atoms with E-state index in [4.69, 9.17) is 0 Å². The second kappa shape index (κ2) is 4.71. The predicted octanol–water partition coefficient (Wildman–Crippen LogP) is 3.82. The van der Waals surface area contributed by atoms with Gasteiger partial charge in [-0.1, -0.05) is 29.8 Å². The Bertz CT molecular complexity index is 662. The SMILES string of the molecule is Cc1ccc2c(c1)C(O)(Cc1cc(F)ccc1C)CC2. The first kappa shape index (κ1) is 13.3. The van der Waals surface area contributed by atoms with Crippen LogP contribution in [0.25, 0.3) is 0 Å². The molecule has 1 aliphatic carbocycles. The quantitative estimate of drug-likeness (QED) is 0.879. The smallest absolute Gasteiger partial charge is 0.123 e. The Morgan fingerprint density at radius 1 is 1.15 bits per heavy atom. The molecule has 1 atom stereocenters. The van der Waals surface area contributed by atoms with E-state index < -0.39 is 5.60 Å². The molecule has 0 bridgehead atoms. The minimum absolute atomic E-state index is 0.239. The highest BCUT2D eigenvalue weighted by Gasteiger charge is 2.37. The zero-order chi connectivity index (χ0) is 14.3. The van der Waals surface area contributed by atoms with E-state index in [2.05, 4.69) is 18.2 Å². The number of fused-ring (bicyclic) bond motifs is 1. The zero-order valence-corrected chi connectivity index (χ0v) is 11.9. The molecular weight excluding hydrogens is 251 g/mol. The van der Waals surface area contributed by atoms with Gasteiger partial charge < -0.3 is 5.11 Å². The molecule has 1 aliphatic rings. The number of hydrogen-bond donors (Lipinski definition) is 1. The minimum Gasteiger partial charge on any atom is -0.385 e. The van der Waals surface area contributed by atoms with E-state index in [0.717, 1.165) is 28.7 Å². The van der Waals surface area contributed by atoms with Gasteiger partial charge in [-0.25, -0.2) is 4.39 Å². The van der Waals surface area contributed by atoms with Crippen LogP contribution in [0.2, 0.25) is 0 Å². The molecule has 0 fully saturated rings. The molecule has 104 valence electrons. The molecule has 0 saturated carbocycles. The lowest BCUT2D eigenvalue weighted by Gasteiger charge is -2.25. The van der Waals surface area contributed by atoms with E-state index in [9.17, 15) is 9.50 Å². The number of rotatable bonds is 2. The predicted molar refractivity (Wildman–Crippen MR) is 78.2 cm³/mol. The molecule has 1 N–H and O–H groups in total. The fraction of sp³-hybridized carbons (Fsp3) is 0.333. The van der Waals surface area contributed by atoms with Gasteiger partial charge >= 0.3 is 0 Å². The van der Waals surface area contributed by atoms with Gasteiger partial charge in [-0.2, -0.15) is 0 Å². The van der Waals surface area contributed by atoms with Gasteiger partial charge in [-0.05, 0) is 61.1 Å². The van der Waals surface area contributed by atoms with Crippen molar-refractivity contribution in [1.29, 1.82) is 0 Å². The summed E-state index contributed by atoms with van der Waals surface area (Å²) in [7, 11) is 0. The highest BCUT2D eigenvalue weighted by atomic mass is 19.1. The van der Waals surface area contributed by atoms with Crippen molar-refractivity contribution >= 4 is 0 Å². The van der Waals surface area contributed by atoms with Gasteiger partial charge in [0, 0.05) is 6.42 Å². The van der Waals surface area contributed by atoms with Gasteiger partial charge in [0.05, 0.1) is 5.60 Å². The van der Waals surface area contributed by atoms with Gasteiger partial charge in [0.25, 0.3) is 0 Å².